The zero-order valence-electron chi connectivity index (χ0n) is 11.2. The van der Waals surface area contributed by atoms with Gasteiger partial charge in [0, 0.05) is 23.9 Å². The number of halogens is 1. The summed E-state index contributed by atoms with van der Waals surface area (Å²) in [5.74, 6) is 0.330. The molecule has 0 atom stereocenters. The van der Waals surface area contributed by atoms with E-state index in [1.807, 2.05) is 31.2 Å². The van der Waals surface area contributed by atoms with E-state index in [0.29, 0.717) is 5.75 Å². The highest BCUT2D eigenvalue weighted by molar-refractivity contribution is 5.50. The molecule has 2 aromatic rings. The van der Waals surface area contributed by atoms with Gasteiger partial charge in [0.2, 0.25) is 5.69 Å². The summed E-state index contributed by atoms with van der Waals surface area (Å²) in [6, 6.07) is 11.8. The number of rotatable bonds is 4. The minimum absolute atomic E-state index is 0. The fourth-order valence-electron chi connectivity index (χ4n) is 1.89. The van der Waals surface area contributed by atoms with Crippen LogP contribution in [-0.4, -0.2) is 5.11 Å². The molecule has 0 radical (unpaired) electrons. The van der Waals surface area contributed by atoms with Crippen molar-refractivity contribution in [1.29, 1.82) is 0 Å². The van der Waals surface area contributed by atoms with Gasteiger partial charge in [0.05, 0.1) is 0 Å². The second kappa shape index (κ2) is 7.00. The Balaban J connectivity index is 0.00000180. The maximum atomic E-state index is 9.65. The average molecular weight is 279 g/mol. The molecular weight excluding hydrogens is 260 g/mol. The number of aromatic nitrogens is 1. The van der Waals surface area contributed by atoms with Crippen LogP contribution < -0.4 is 22.3 Å². The second-order valence-electron chi connectivity index (χ2n) is 4.33. The predicted octanol–water partition coefficient (Wildman–Crippen LogP) is -0.376. The minimum Gasteiger partial charge on any atom is -1.00 e. The topological polar surface area (TPSA) is 36.1 Å². The standard InChI is InChI=1S/C15H18N2O.ClH/c1-3-17-9-5-4-6-14(17)11-16-13-8-7-12(2)15(18)10-13;/h4-10,16H,3,11H2,1-2H3;1H. The van der Waals surface area contributed by atoms with Gasteiger partial charge in [-0.25, -0.2) is 4.57 Å². The molecule has 0 aliphatic rings. The van der Waals surface area contributed by atoms with E-state index in [1.165, 1.54) is 5.69 Å². The summed E-state index contributed by atoms with van der Waals surface area (Å²) in [6.07, 6.45) is 2.07. The maximum absolute atomic E-state index is 9.65. The molecule has 1 aromatic carbocycles. The number of hydrogen-bond acceptors (Lipinski definition) is 2. The van der Waals surface area contributed by atoms with Crippen LogP contribution in [0.15, 0.2) is 42.6 Å². The van der Waals surface area contributed by atoms with Crippen LogP contribution in [0.3, 0.4) is 0 Å². The van der Waals surface area contributed by atoms with Crippen LogP contribution in [0, 0.1) is 6.92 Å². The zero-order valence-corrected chi connectivity index (χ0v) is 12.0. The lowest BCUT2D eigenvalue weighted by Gasteiger charge is -2.07. The predicted molar refractivity (Wildman–Crippen MR) is 72.5 cm³/mol. The van der Waals surface area contributed by atoms with Crippen LogP contribution >= 0.6 is 0 Å². The van der Waals surface area contributed by atoms with Crippen LogP contribution in [-0.2, 0) is 13.1 Å². The molecule has 0 amide bonds. The summed E-state index contributed by atoms with van der Waals surface area (Å²) in [4.78, 5) is 0. The molecule has 102 valence electrons. The molecule has 3 nitrogen and oxygen atoms in total. The number of benzene rings is 1. The van der Waals surface area contributed by atoms with Crippen LogP contribution in [0.25, 0.3) is 0 Å². The molecule has 0 aliphatic carbocycles. The number of anilines is 1. The van der Waals surface area contributed by atoms with Gasteiger partial charge >= 0.3 is 0 Å². The quantitative estimate of drug-likeness (QED) is 0.749. The summed E-state index contributed by atoms with van der Waals surface area (Å²) >= 11 is 0. The molecule has 0 spiro atoms. The van der Waals surface area contributed by atoms with Gasteiger partial charge in [0.25, 0.3) is 0 Å². The Morgan fingerprint density at radius 3 is 2.68 bits per heavy atom. The molecular formula is C15H19ClN2O. The van der Waals surface area contributed by atoms with Crippen LogP contribution in [0.2, 0.25) is 0 Å². The molecule has 1 heterocycles. The van der Waals surface area contributed by atoms with Crippen molar-refractivity contribution >= 4 is 5.69 Å². The molecule has 19 heavy (non-hydrogen) atoms. The highest BCUT2D eigenvalue weighted by atomic mass is 35.5. The van der Waals surface area contributed by atoms with Gasteiger partial charge in [-0.1, -0.05) is 12.1 Å². The van der Waals surface area contributed by atoms with E-state index < -0.39 is 0 Å². The highest BCUT2D eigenvalue weighted by Crippen LogP contribution is 2.20. The lowest BCUT2D eigenvalue weighted by Crippen LogP contribution is -3.00. The van der Waals surface area contributed by atoms with E-state index in [-0.39, 0.29) is 12.4 Å². The number of phenols is 1. The first-order chi connectivity index (χ1) is 8.70. The Bertz CT molecular complexity index is 543. The molecule has 4 heteroatoms. The third kappa shape index (κ3) is 3.86. The van der Waals surface area contributed by atoms with Crippen LogP contribution in [0.1, 0.15) is 18.2 Å². The molecule has 1 aromatic heterocycles. The van der Waals surface area contributed by atoms with Crippen molar-refractivity contribution in [1.82, 2.24) is 0 Å². The summed E-state index contributed by atoms with van der Waals surface area (Å²) in [7, 11) is 0. The average Bonchev–Trinajstić information content (AvgIpc) is 2.40. The summed E-state index contributed by atoms with van der Waals surface area (Å²) < 4.78 is 2.20. The highest BCUT2D eigenvalue weighted by Gasteiger charge is 2.07. The van der Waals surface area contributed by atoms with Gasteiger partial charge < -0.3 is 22.8 Å². The Hall–Kier alpha value is -1.74. The smallest absolute Gasteiger partial charge is 0.200 e. The summed E-state index contributed by atoms with van der Waals surface area (Å²) in [5, 5.41) is 13.0. The van der Waals surface area contributed by atoms with Crippen molar-refractivity contribution in [2.75, 3.05) is 5.32 Å². The Kier molecular flexibility index (Phi) is 5.64. The molecule has 2 rings (SSSR count). The van der Waals surface area contributed by atoms with E-state index in [1.54, 1.807) is 6.07 Å². The number of pyridine rings is 1. The zero-order chi connectivity index (χ0) is 13.0. The first-order valence-corrected chi connectivity index (χ1v) is 6.21. The Morgan fingerprint density at radius 2 is 2.00 bits per heavy atom. The third-order valence-corrected chi connectivity index (χ3v) is 3.06. The first kappa shape index (κ1) is 15.3. The number of nitrogens with zero attached hydrogens (tertiary/aromatic N) is 1. The lowest BCUT2D eigenvalue weighted by atomic mass is 10.2. The monoisotopic (exact) mass is 278 g/mol. The molecule has 0 saturated heterocycles. The maximum Gasteiger partial charge on any atom is 0.200 e. The number of hydrogen-bond donors (Lipinski definition) is 2. The third-order valence-electron chi connectivity index (χ3n) is 3.06. The largest absolute Gasteiger partial charge is 1.00 e. The van der Waals surface area contributed by atoms with E-state index in [9.17, 15) is 5.11 Å². The molecule has 0 unspecified atom stereocenters. The Labute approximate surface area is 120 Å². The Morgan fingerprint density at radius 1 is 1.21 bits per heavy atom. The van der Waals surface area contributed by atoms with Crippen LogP contribution in [0.4, 0.5) is 5.69 Å². The first-order valence-electron chi connectivity index (χ1n) is 6.21. The van der Waals surface area contributed by atoms with Crippen molar-refractivity contribution in [3.63, 3.8) is 0 Å². The number of aromatic hydroxyl groups is 1. The number of phenolic OH excluding ortho intramolecular Hbond substituents is 1. The van der Waals surface area contributed by atoms with E-state index >= 15 is 0 Å². The summed E-state index contributed by atoms with van der Waals surface area (Å²) in [6.45, 7) is 5.72. The SMILES string of the molecule is CC[n+]1ccccc1CNc1ccc(C)c(O)c1.[Cl-]. The van der Waals surface area contributed by atoms with E-state index in [2.05, 4.69) is 29.1 Å². The van der Waals surface area contributed by atoms with E-state index in [0.717, 1.165) is 24.3 Å². The van der Waals surface area contributed by atoms with Gasteiger partial charge in [-0.3, -0.25) is 0 Å². The van der Waals surface area contributed by atoms with Crippen LogP contribution in [0.5, 0.6) is 5.75 Å². The van der Waals surface area contributed by atoms with Crippen molar-refractivity contribution in [3.05, 3.63) is 53.9 Å². The van der Waals surface area contributed by atoms with Crippen molar-refractivity contribution < 1.29 is 22.1 Å². The second-order valence-corrected chi connectivity index (χ2v) is 4.33. The van der Waals surface area contributed by atoms with Crippen molar-refractivity contribution in [3.8, 4) is 5.75 Å². The fraction of sp³-hybridized carbons (Fsp3) is 0.267. The lowest BCUT2D eigenvalue weighted by molar-refractivity contribution is -0.700. The van der Waals surface area contributed by atoms with Gasteiger partial charge in [-0.05, 0) is 25.5 Å². The summed E-state index contributed by atoms with van der Waals surface area (Å²) in [5.41, 5.74) is 3.05. The minimum atomic E-state index is 0. The number of nitrogens with one attached hydrogen (secondary N) is 1. The van der Waals surface area contributed by atoms with Crippen molar-refractivity contribution in [2.45, 2.75) is 26.9 Å². The molecule has 0 saturated carbocycles. The van der Waals surface area contributed by atoms with Gasteiger partial charge in [-0.2, -0.15) is 0 Å². The molecule has 0 aliphatic heterocycles. The molecule has 2 N–H and O–H groups in total. The van der Waals surface area contributed by atoms with Gasteiger partial charge in [0.1, 0.15) is 18.8 Å². The van der Waals surface area contributed by atoms with Gasteiger partial charge in [0.15, 0.2) is 6.20 Å². The normalized spacial score (nSPS) is 9.79. The molecule has 0 fully saturated rings. The number of aryl methyl sites for hydroxylation is 2. The van der Waals surface area contributed by atoms with Crippen molar-refractivity contribution in [2.24, 2.45) is 0 Å². The molecule has 0 bridgehead atoms. The fourth-order valence-corrected chi connectivity index (χ4v) is 1.89. The van der Waals surface area contributed by atoms with E-state index in [4.69, 9.17) is 0 Å². The van der Waals surface area contributed by atoms with Gasteiger partial charge in [-0.15, -0.1) is 0 Å².